The molecule has 6 nitrogen and oxygen atoms in total. The quantitative estimate of drug-likeness (QED) is 0.355. The van der Waals surface area contributed by atoms with E-state index in [1.807, 2.05) is 73.8 Å². The lowest BCUT2D eigenvalue weighted by Crippen LogP contribution is -2.41. The van der Waals surface area contributed by atoms with E-state index < -0.39 is 17.9 Å². The predicted octanol–water partition coefficient (Wildman–Crippen LogP) is 5.32. The van der Waals surface area contributed by atoms with Crippen LogP contribution in [0.1, 0.15) is 33.5 Å². The van der Waals surface area contributed by atoms with Crippen molar-refractivity contribution in [1.82, 2.24) is 5.32 Å². The first-order valence-electron chi connectivity index (χ1n) is 11.4. The molecule has 0 bridgehead atoms. The molecule has 0 aliphatic heterocycles. The van der Waals surface area contributed by atoms with E-state index in [-0.39, 0.29) is 0 Å². The zero-order valence-corrected chi connectivity index (χ0v) is 21.1. The van der Waals surface area contributed by atoms with Crippen LogP contribution in [0.5, 0.6) is 5.75 Å². The maximum atomic E-state index is 13.2. The highest BCUT2D eigenvalue weighted by atomic mass is 32.2. The summed E-state index contributed by atoms with van der Waals surface area (Å²) in [6, 6.07) is 20.1. The lowest BCUT2D eigenvalue weighted by Gasteiger charge is -2.18. The average molecular weight is 494 g/mol. The molecule has 0 aliphatic carbocycles. The van der Waals surface area contributed by atoms with Crippen molar-refractivity contribution >= 4 is 23.6 Å². The number of methoxy groups -OCH3 is 1. The Morgan fingerprint density at radius 2 is 1.74 bits per heavy atom. The van der Waals surface area contributed by atoms with Crippen LogP contribution in [0.25, 0.3) is 11.1 Å². The maximum Gasteiger partial charge on any atom is 0.326 e. The molecule has 7 heteroatoms. The number of amides is 1. The SMILES string of the molecule is COc1ccccc1COCc1ccc(C(=O)NC(CCSC)C(=O)O)c(-c2ccccc2C)c1. The van der Waals surface area contributed by atoms with Crippen LogP contribution in [-0.4, -0.2) is 42.1 Å². The molecule has 0 radical (unpaired) electrons. The topological polar surface area (TPSA) is 84.9 Å². The number of benzene rings is 3. The van der Waals surface area contributed by atoms with Crippen LogP contribution in [0, 0.1) is 6.92 Å². The van der Waals surface area contributed by atoms with E-state index in [0.29, 0.717) is 31.0 Å². The average Bonchev–Trinajstić information content (AvgIpc) is 2.86. The monoisotopic (exact) mass is 493 g/mol. The molecular formula is C28H31NO5S. The van der Waals surface area contributed by atoms with E-state index in [1.54, 1.807) is 24.9 Å². The number of hydrogen-bond donors (Lipinski definition) is 2. The highest BCUT2D eigenvalue weighted by Gasteiger charge is 2.22. The molecule has 3 aromatic rings. The van der Waals surface area contributed by atoms with Gasteiger partial charge >= 0.3 is 5.97 Å². The molecule has 0 heterocycles. The fourth-order valence-electron chi connectivity index (χ4n) is 3.81. The fraction of sp³-hybridized carbons (Fsp3) is 0.286. The van der Waals surface area contributed by atoms with Gasteiger partial charge in [0.25, 0.3) is 5.91 Å². The smallest absolute Gasteiger partial charge is 0.326 e. The Balaban J connectivity index is 1.85. The fourth-order valence-corrected chi connectivity index (χ4v) is 4.28. The Morgan fingerprint density at radius 1 is 1.00 bits per heavy atom. The number of carbonyl (C=O) groups is 2. The Labute approximate surface area is 210 Å². The van der Waals surface area contributed by atoms with Gasteiger partial charge in [0, 0.05) is 11.1 Å². The van der Waals surface area contributed by atoms with Gasteiger partial charge in [-0.1, -0.05) is 48.5 Å². The predicted molar refractivity (Wildman–Crippen MR) is 140 cm³/mol. The molecule has 1 amide bonds. The number of rotatable bonds is 12. The summed E-state index contributed by atoms with van der Waals surface area (Å²) in [6.07, 6.45) is 2.27. The summed E-state index contributed by atoms with van der Waals surface area (Å²) in [5.41, 5.74) is 4.98. The standard InChI is InChI=1S/C28H31NO5S/c1-19-8-4-6-10-22(19)24-16-20(17-34-18-21-9-5-7-11-26(21)33-2)12-13-23(24)27(30)29-25(28(31)32)14-15-35-3/h4-13,16,25H,14-15,17-18H2,1-3H3,(H,29,30)(H,31,32). The molecule has 0 spiro atoms. The van der Waals surface area contributed by atoms with Gasteiger partial charge in [0.05, 0.1) is 20.3 Å². The zero-order chi connectivity index (χ0) is 25.2. The second kappa shape index (κ2) is 13.0. The normalized spacial score (nSPS) is 11.6. The Hall–Kier alpha value is -3.29. The molecule has 0 saturated carbocycles. The van der Waals surface area contributed by atoms with Gasteiger partial charge in [-0.25, -0.2) is 4.79 Å². The lowest BCUT2D eigenvalue weighted by molar-refractivity contribution is -0.139. The van der Waals surface area contributed by atoms with Gasteiger partial charge in [-0.3, -0.25) is 4.79 Å². The molecule has 1 atom stereocenters. The van der Waals surface area contributed by atoms with Gasteiger partial charge in [-0.05, 0) is 65.8 Å². The van der Waals surface area contributed by atoms with Crippen molar-refractivity contribution in [2.24, 2.45) is 0 Å². The van der Waals surface area contributed by atoms with Gasteiger partial charge in [0.2, 0.25) is 0 Å². The van der Waals surface area contributed by atoms with Gasteiger partial charge in [0.1, 0.15) is 11.8 Å². The Kier molecular flexibility index (Phi) is 9.76. The van der Waals surface area contributed by atoms with Crippen molar-refractivity contribution in [1.29, 1.82) is 0 Å². The van der Waals surface area contributed by atoms with E-state index >= 15 is 0 Å². The van der Waals surface area contributed by atoms with Crippen LogP contribution < -0.4 is 10.1 Å². The number of carboxylic acid groups (broad SMARTS) is 1. The minimum atomic E-state index is -1.04. The van der Waals surface area contributed by atoms with Crippen molar-refractivity contribution in [3.8, 4) is 16.9 Å². The van der Waals surface area contributed by atoms with E-state index in [0.717, 1.165) is 33.6 Å². The molecule has 0 fully saturated rings. The van der Waals surface area contributed by atoms with Gasteiger partial charge < -0.3 is 19.9 Å². The number of carbonyl (C=O) groups excluding carboxylic acids is 1. The summed E-state index contributed by atoms with van der Waals surface area (Å²) >= 11 is 1.55. The van der Waals surface area contributed by atoms with Crippen LogP contribution in [0.3, 0.4) is 0 Å². The van der Waals surface area contributed by atoms with Crippen molar-refractivity contribution in [2.75, 3.05) is 19.1 Å². The Morgan fingerprint density at radius 3 is 2.46 bits per heavy atom. The molecule has 35 heavy (non-hydrogen) atoms. The van der Waals surface area contributed by atoms with Crippen LogP contribution in [-0.2, 0) is 22.7 Å². The van der Waals surface area contributed by atoms with E-state index in [1.165, 1.54) is 0 Å². The summed E-state index contributed by atoms with van der Waals surface area (Å²) in [5, 5.41) is 12.2. The summed E-state index contributed by atoms with van der Waals surface area (Å²) in [5.74, 6) is -0.0243. The minimum absolute atomic E-state index is 0.351. The minimum Gasteiger partial charge on any atom is -0.496 e. The summed E-state index contributed by atoms with van der Waals surface area (Å²) in [7, 11) is 1.63. The molecule has 0 aromatic heterocycles. The summed E-state index contributed by atoms with van der Waals surface area (Å²) in [6.45, 7) is 2.73. The highest BCUT2D eigenvalue weighted by Crippen LogP contribution is 2.29. The molecule has 2 N–H and O–H groups in total. The van der Waals surface area contributed by atoms with Crippen LogP contribution >= 0.6 is 11.8 Å². The van der Waals surface area contributed by atoms with Crippen molar-refractivity contribution in [3.63, 3.8) is 0 Å². The first-order valence-corrected chi connectivity index (χ1v) is 12.7. The van der Waals surface area contributed by atoms with Crippen molar-refractivity contribution in [2.45, 2.75) is 32.6 Å². The number of aryl methyl sites for hydroxylation is 1. The van der Waals surface area contributed by atoms with Crippen molar-refractivity contribution in [3.05, 3.63) is 89.0 Å². The number of nitrogens with one attached hydrogen (secondary N) is 1. The number of thioether (sulfide) groups is 1. The number of para-hydroxylation sites is 1. The number of aliphatic carboxylic acids is 1. The number of ether oxygens (including phenoxy) is 2. The second-order valence-electron chi connectivity index (χ2n) is 8.15. The van der Waals surface area contributed by atoms with E-state index in [2.05, 4.69) is 5.32 Å². The van der Waals surface area contributed by atoms with Gasteiger partial charge in [-0.2, -0.15) is 11.8 Å². The molecule has 3 rings (SSSR count). The third kappa shape index (κ3) is 7.10. The molecule has 0 aliphatic rings. The van der Waals surface area contributed by atoms with Gasteiger partial charge in [-0.15, -0.1) is 0 Å². The first-order chi connectivity index (χ1) is 16.9. The molecular weight excluding hydrogens is 462 g/mol. The highest BCUT2D eigenvalue weighted by molar-refractivity contribution is 7.98. The maximum absolute atomic E-state index is 13.2. The third-order valence-electron chi connectivity index (χ3n) is 5.70. The molecule has 3 aromatic carbocycles. The largest absolute Gasteiger partial charge is 0.496 e. The van der Waals surface area contributed by atoms with Crippen LogP contribution in [0.15, 0.2) is 66.7 Å². The molecule has 1 unspecified atom stereocenters. The summed E-state index contributed by atoms with van der Waals surface area (Å²) < 4.78 is 11.3. The van der Waals surface area contributed by atoms with E-state index in [4.69, 9.17) is 9.47 Å². The van der Waals surface area contributed by atoms with Gasteiger partial charge in [0.15, 0.2) is 0 Å². The third-order valence-corrected chi connectivity index (χ3v) is 6.34. The first kappa shape index (κ1) is 26.3. The van der Waals surface area contributed by atoms with Crippen LogP contribution in [0.2, 0.25) is 0 Å². The van der Waals surface area contributed by atoms with Crippen molar-refractivity contribution < 1.29 is 24.2 Å². The summed E-state index contributed by atoms with van der Waals surface area (Å²) in [4.78, 5) is 24.8. The molecule has 184 valence electrons. The second-order valence-corrected chi connectivity index (χ2v) is 9.13. The number of hydrogen-bond acceptors (Lipinski definition) is 5. The number of carboxylic acids is 1. The van der Waals surface area contributed by atoms with Crippen LogP contribution in [0.4, 0.5) is 0 Å². The Bertz CT molecular complexity index is 1160. The lowest BCUT2D eigenvalue weighted by atomic mass is 9.93. The molecule has 0 saturated heterocycles. The van der Waals surface area contributed by atoms with E-state index in [9.17, 15) is 14.7 Å². The zero-order valence-electron chi connectivity index (χ0n) is 20.2.